The van der Waals surface area contributed by atoms with Gasteiger partial charge in [0.05, 0.1) is 5.39 Å². The molecule has 0 aliphatic rings. The second-order valence-electron chi connectivity index (χ2n) is 5.22. The van der Waals surface area contributed by atoms with E-state index in [-0.39, 0.29) is 0 Å². The third kappa shape index (κ3) is 3.79. The normalized spacial score (nSPS) is 12.5. The number of hydrogen-bond donors (Lipinski definition) is 2. The van der Waals surface area contributed by atoms with Gasteiger partial charge >= 0.3 is 0 Å². The lowest BCUT2D eigenvalue weighted by atomic mass is 10.1. The molecule has 0 saturated heterocycles. The Balaban J connectivity index is 2.02. The molecule has 108 valence electrons. The van der Waals surface area contributed by atoms with Crippen LogP contribution in [0.5, 0.6) is 0 Å². The molecule has 0 saturated carbocycles. The number of pyridine rings is 1. The molecule has 5 heteroatoms. The number of unbranched alkanes of at least 4 members (excludes halogenated alkanes) is 3. The van der Waals surface area contributed by atoms with Crippen molar-refractivity contribution in [3.63, 3.8) is 0 Å². The third-order valence-corrected chi connectivity index (χ3v) is 3.39. The molecule has 0 aromatic carbocycles. The molecule has 2 aromatic rings. The molecule has 0 radical (unpaired) electrons. The predicted octanol–water partition coefficient (Wildman–Crippen LogP) is 3.38. The maximum atomic E-state index is 5.68. The van der Waals surface area contributed by atoms with Gasteiger partial charge in [0.25, 0.3) is 0 Å². The summed E-state index contributed by atoms with van der Waals surface area (Å²) in [5.74, 6) is 1.32. The van der Waals surface area contributed by atoms with Crippen molar-refractivity contribution in [3.8, 4) is 0 Å². The van der Waals surface area contributed by atoms with Crippen molar-refractivity contribution in [2.75, 3.05) is 11.1 Å². The molecular formula is C15H23N5. The van der Waals surface area contributed by atoms with E-state index in [2.05, 4.69) is 34.1 Å². The van der Waals surface area contributed by atoms with Crippen LogP contribution in [0.4, 0.5) is 11.6 Å². The van der Waals surface area contributed by atoms with E-state index in [4.69, 9.17) is 5.73 Å². The van der Waals surface area contributed by atoms with Gasteiger partial charge in [-0.3, -0.25) is 0 Å². The van der Waals surface area contributed by atoms with E-state index in [1.807, 2.05) is 6.07 Å². The van der Waals surface area contributed by atoms with Crippen LogP contribution in [-0.4, -0.2) is 21.0 Å². The highest BCUT2D eigenvalue weighted by Gasteiger charge is 2.08. The first-order valence-electron chi connectivity index (χ1n) is 7.34. The zero-order valence-electron chi connectivity index (χ0n) is 12.3. The SMILES string of the molecule is CCCCCCC(C)Nc1ncnc2nc(N)ccc12. The predicted molar refractivity (Wildman–Crippen MR) is 83.6 cm³/mol. The molecule has 0 spiro atoms. The minimum Gasteiger partial charge on any atom is -0.384 e. The average Bonchev–Trinajstić information content (AvgIpc) is 2.43. The molecule has 2 rings (SSSR count). The highest BCUT2D eigenvalue weighted by molar-refractivity contribution is 5.87. The van der Waals surface area contributed by atoms with E-state index in [0.29, 0.717) is 17.5 Å². The van der Waals surface area contributed by atoms with Crippen LogP contribution in [0.3, 0.4) is 0 Å². The van der Waals surface area contributed by atoms with Crippen molar-refractivity contribution >= 4 is 22.7 Å². The summed E-state index contributed by atoms with van der Waals surface area (Å²) < 4.78 is 0. The lowest BCUT2D eigenvalue weighted by Gasteiger charge is -2.15. The van der Waals surface area contributed by atoms with Crippen LogP contribution in [0, 0.1) is 0 Å². The van der Waals surface area contributed by atoms with Gasteiger partial charge in [-0.1, -0.05) is 32.6 Å². The van der Waals surface area contributed by atoms with Crippen LogP contribution in [0.25, 0.3) is 11.0 Å². The van der Waals surface area contributed by atoms with Gasteiger partial charge < -0.3 is 11.1 Å². The number of hydrogen-bond acceptors (Lipinski definition) is 5. The van der Waals surface area contributed by atoms with Gasteiger partial charge in [0.2, 0.25) is 0 Å². The summed E-state index contributed by atoms with van der Waals surface area (Å²) in [6.45, 7) is 4.41. The summed E-state index contributed by atoms with van der Waals surface area (Å²) >= 11 is 0. The summed E-state index contributed by atoms with van der Waals surface area (Å²) in [6, 6.07) is 4.09. The average molecular weight is 273 g/mol. The molecule has 0 fully saturated rings. The first-order chi connectivity index (χ1) is 9.70. The van der Waals surface area contributed by atoms with Crippen molar-refractivity contribution in [2.24, 2.45) is 0 Å². The Morgan fingerprint density at radius 3 is 2.85 bits per heavy atom. The number of nitrogens with one attached hydrogen (secondary N) is 1. The number of nitrogens with zero attached hydrogens (tertiary/aromatic N) is 3. The van der Waals surface area contributed by atoms with E-state index >= 15 is 0 Å². The molecule has 5 nitrogen and oxygen atoms in total. The Morgan fingerprint density at radius 2 is 2.05 bits per heavy atom. The minimum absolute atomic E-state index is 0.391. The summed E-state index contributed by atoms with van der Waals surface area (Å²) in [4.78, 5) is 12.7. The first-order valence-corrected chi connectivity index (χ1v) is 7.34. The number of anilines is 2. The monoisotopic (exact) mass is 273 g/mol. The summed E-state index contributed by atoms with van der Waals surface area (Å²) in [7, 11) is 0. The molecule has 3 N–H and O–H groups in total. The number of aromatic nitrogens is 3. The third-order valence-electron chi connectivity index (χ3n) is 3.39. The summed E-state index contributed by atoms with van der Waals surface area (Å²) in [5.41, 5.74) is 6.32. The Labute approximate surface area is 120 Å². The van der Waals surface area contributed by atoms with Crippen LogP contribution in [0.1, 0.15) is 46.0 Å². The second kappa shape index (κ2) is 7.03. The largest absolute Gasteiger partial charge is 0.384 e. The van der Waals surface area contributed by atoms with Gasteiger partial charge in [-0.15, -0.1) is 0 Å². The van der Waals surface area contributed by atoms with Crippen LogP contribution >= 0.6 is 0 Å². The first kappa shape index (κ1) is 14.5. The van der Waals surface area contributed by atoms with Gasteiger partial charge in [0.1, 0.15) is 18.0 Å². The fourth-order valence-electron chi connectivity index (χ4n) is 2.25. The minimum atomic E-state index is 0.391. The lowest BCUT2D eigenvalue weighted by molar-refractivity contribution is 0.593. The molecule has 2 heterocycles. The Morgan fingerprint density at radius 1 is 1.20 bits per heavy atom. The molecule has 0 bridgehead atoms. The van der Waals surface area contributed by atoms with Crippen molar-refractivity contribution in [2.45, 2.75) is 52.0 Å². The van der Waals surface area contributed by atoms with Gasteiger partial charge in [-0.25, -0.2) is 15.0 Å². The van der Waals surface area contributed by atoms with E-state index in [1.54, 1.807) is 6.07 Å². The maximum absolute atomic E-state index is 5.68. The number of fused-ring (bicyclic) bond motifs is 1. The number of rotatable bonds is 7. The summed E-state index contributed by atoms with van der Waals surface area (Å²) in [5, 5.41) is 4.37. The van der Waals surface area contributed by atoms with Crippen molar-refractivity contribution in [3.05, 3.63) is 18.5 Å². The zero-order chi connectivity index (χ0) is 14.4. The van der Waals surface area contributed by atoms with Crippen LogP contribution in [-0.2, 0) is 0 Å². The van der Waals surface area contributed by atoms with E-state index < -0.39 is 0 Å². The van der Waals surface area contributed by atoms with Gasteiger partial charge in [-0.05, 0) is 25.5 Å². The number of nitrogens with two attached hydrogens (primary N) is 1. The fourth-order valence-corrected chi connectivity index (χ4v) is 2.25. The molecule has 2 aromatic heterocycles. The maximum Gasteiger partial charge on any atom is 0.166 e. The quantitative estimate of drug-likeness (QED) is 0.756. The number of nitrogen functional groups attached to an aromatic ring is 1. The van der Waals surface area contributed by atoms with Gasteiger partial charge in [0, 0.05) is 6.04 Å². The van der Waals surface area contributed by atoms with E-state index in [1.165, 1.54) is 32.0 Å². The topological polar surface area (TPSA) is 76.7 Å². The van der Waals surface area contributed by atoms with E-state index in [0.717, 1.165) is 17.6 Å². The van der Waals surface area contributed by atoms with E-state index in [9.17, 15) is 0 Å². The zero-order valence-corrected chi connectivity index (χ0v) is 12.3. The molecule has 0 amide bonds. The molecular weight excluding hydrogens is 250 g/mol. The highest BCUT2D eigenvalue weighted by atomic mass is 15.1. The van der Waals surface area contributed by atoms with Crippen molar-refractivity contribution < 1.29 is 0 Å². The second-order valence-corrected chi connectivity index (χ2v) is 5.22. The van der Waals surface area contributed by atoms with Crippen molar-refractivity contribution in [1.82, 2.24) is 15.0 Å². The Kier molecular flexibility index (Phi) is 5.09. The molecule has 0 aliphatic heterocycles. The lowest BCUT2D eigenvalue weighted by Crippen LogP contribution is -2.16. The molecule has 0 aliphatic carbocycles. The van der Waals surface area contributed by atoms with Crippen LogP contribution in [0.15, 0.2) is 18.5 Å². The van der Waals surface area contributed by atoms with Gasteiger partial charge in [-0.2, -0.15) is 0 Å². The highest BCUT2D eigenvalue weighted by Crippen LogP contribution is 2.20. The smallest absolute Gasteiger partial charge is 0.166 e. The van der Waals surface area contributed by atoms with Crippen LogP contribution in [0.2, 0.25) is 0 Å². The fraction of sp³-hybridized carbons (Fsp3) is 0.533. The molecule has 20 heavy (non-hydrogen) atoms. The molecule has 1 atom stereocenters. The summed E-state index contributed by atoms with van der Waals surface area (Å²) in [6.07, 6.45) is 7.80. The molecule has 1 unspecified atom stereocenters. The standard InChI is InChI=1S/C15H23N5/c1-3-4-5-6-7-11(2)19-14-12-8-9-13(16)20-15(12)18-10-17-14/h8-11H,3-7H2,1-2H3,(H3,16,17,18,19,20). The van der Waals surface area contributed by atoms with Gasteiger partial charge in [0.15, 0.2) is 5.65 Å². The van der Waals surface area contributed by atoms with Crippen LogP contribution < -0.4 is 11.1 Å². The van der Waals surface area contributed by atoms with Crippen molar-refractivity contribution in [1.29, 1.82) is 0 Å². The Hall–Kier alpha value is -1.91. The Bertz CT molecular complexity index is 555.